The van der Waals surface area contributed by atoms with E-state index < -0.39 is 11.4 Å². The van der Waals surface area contributed by atoms with Gasteiger partial charge in [-0.1, -0.05) is 0 Å². The number of hydrogen-bond acceptors (Lipinski definition) is 6. The van der Waals surface area contributed by atoms with E-state index in [0.717, 1.165) is 6.07 Å². The monoisotopic (exact) mass is 330 g/mol. The summed E-state index contributed by atoms with van der Waals surface area (Å²) in [6.07, 6.45) is 0. The molecule has 0 aliphatic carbocycles. The highest BCUT2D eigenvalue weighted by Gasteiger charge is 2.23. The van der Waals surface area contributed by atoms with Crippen molar-refractivity contribution in [2.75, 3.05) is 0 Å². The van der Waals surface area contributed by atoms with Gasteiger partial charge in [0, 0.05) is 6.07 Å². The predicted octanol–water partition coefficient (Wildman–Crippen LogP) is 3.27. The number of phenols is 2. The molecule has 6 nitrogen and oxygen atoms in total. The maximum atomic E-state index is 12.0. The molecule has 2 aromatic carbocycles. The molecule has 0 unspecified atom stereocenters. The molecule has 0 aliphatic heterocycles. The number of aromatic hydroxyl groups is 2. The van der Waals surface area contributed by atoms with Crippen molar-refractivity contribution in [2.24, 2.45) is 5.41 Å². The SMILES string of the molecule is CC(C)(C)C(=O)Oc1ccc(C(=O)Oc2ccc(O)c(O)c2)cc1. The number of esters is 2. The molecule has 0 saturated heterocycles. The van der Waals surface area contributed by atoms with Gasteiger partial charge in [-0.05, 0) is 57.2 Å². The van der Waals surface area contributed by atoms with Crippen molar-refractivity contribution in [3.8, 4) is 23.0 Å². The summed E-state index contributed by atoms with van der Waals surface area (Å²) >= 11 is 0. The fourth-order valence-corrected chi connectivity index (χ4v) is 1.65. The Morgan fingerprint density at radius 1 is 0.833 bits per heavy atom. The third kappa shape index (κ3) is 4.25. The molecule has 0 atom stereocenters. The lowest BCUT2D eigenvalue weighted by atomic mass is 9.97. The van der Waals surface area contributed by atoms with E-state index in [-0.39, 0.29) is 28.8 Å². The highest BCUT2D eigenvalue weighted by atomic mass is 16.5. The molecule has 126 valence electrons. The van der Waals surface area contributed by atoms with Crippen LogP contribution in [0.2, 0.25) is 0 Å². The average molecular weight is 330 g/mol. The molecule has 2 aromatic rings. The first kappa shape index (κ1) is 17.3. The van der Waals surface area contributed by atoms with E-state index in [1.54, 1.807) is 20.8 Å². The molecule has 0 aliphatic rings. The van der Waals surface area contributed by atoms with Crippen LogP contribution in [0.1, 0.15) is 31.1 Å². The van der Waals surface area contributed by atoms with Gasteiger partial charge < -0.3 is 19.7 Å². The predicted molar refractivity (Wildman–Crippen MR) is 86.3 cm³/mol. The highest BCUT2D eigenvalue weighted by molar-refractivity contribution is 5.91. The third-order valence-corrected chi connectivity index (χ3v) is 3.07. The Balaban J connectivity index is 2.05. The summed E-state index contributed by atoms with van der Waals surface area (Å²) in [6.45, 7) is 5.23. The van der Waals surface area contributed by atoms with Gasteiger partial charge in [0.1, 0.15) is 11.5 Å². The van der Waals surface area contributed by atoms with Crippen LogP contribution in [-0.4, -0.2) is 22.2 Å². The quantitative estimate of drug-likeness (QED) is 0.510. The Bertz CT molecular complexity index is 756. The minimum Gasteiger partial charge on any atom is -0.504 e. The van der Waals surface area contributed by atoms with Crippen LogP contribution in [-0.2, 0) is 4.79 Å². The van der Waals surface area contributed by atoms with Gasteiger partial charge in [0.05, 0.1) is 11.0 Å². The number of hydrogen-bond donors (Lipinski definition) is 2. The smallest absolute Gasteiger partial charge is 0.343 e. The van der Waals surface area contributed by atoms with Crippen LogP contribution < -0.4 is 9.47 Å². The highest BCUT2D eigenvalue weighted by Crippen LogP contribution is 2.29. The van der Waals surface area contributed by atoms with Crippen molar-refractivity contribution in [2.45, 2.75) is 20.8 Å². The number of ether oxygens (including phenoxy) is 2. The number of phenolic OH excluding ortho intramolecular Hbond substituents is 2. The zero-order valence-corrected chi connectivity index (χ0v) is 13.6. The second-order valence-corrected chi connectivity index (χ2v) is 6.20. The van der Waals surface area contributed by atoms with Crippen molar-refractivity contribution in [3.63, 3.8) is 0 Å². The van der Waals surface area contributed by atoms with E-state index in [4.69, 9.17) is 9.47 Å². The van der Waals surface area contributed by atoms with Crippen molar-refractivity contribution in [3.05, 3.63) is 48.0 Å². The van der Waals surface area contributed by atoms with Crippen molar-refractivity contribution < 1.29 is 29.3 Å². The van der Waals surface area contributed by atoms with E-state index in [2.05, 4.69) is 0 Å². The summed E-state index contributed by atoms with van der Waals surface area (Å²) in [5, 5.41) is 18.6. The molecule has 0 bridgehead atoms. The summed E-state index contributed by atoms with van der Waals surface area (Å²) < 4.78 is 10.3. The first-order chi connectivity index (χ1) is 11.2. The molecule has 0 saturated carbocycles. The third-order valence-electron chi connectivity index (χ3n) is 3.07. The molecule has 0 amide bonds. The molecule has 6 heteroatoms. The van der Waals surface area contributed by atoms with Crippen molar-refractivity contribution in [1.29, 1.82) is 0 Å². The molecule has 0 radical (unpaired) electrons. The fraction of sp³-hybridized carbons (Fsp3) is 0.222. The second-order valence-electron chi connectivity index (χ2n) is 6.20. The van der Waals surface area contributed by atoms with E-state index in [1.165, 1.54) is 36.4 Å². The Labute approximate surface area is 139 Å². The summed E-state index contributed by atoms with van der Waals surface area (Å²) in [7, 11) is 0. The van der Waals surface area contributed by atoms with E-state index in [0.29, 0.717) is 5.75 Å². The molecule has 0 aromatic heterocycles. The Hall–Kier alpha value is -3.02. The van der Waals surface area contributed by atoms with Crippen LogP contribution in [0.4, 0.5) is 0 Å². The van der Waals surface area contributed by atoms with Crippen LogP contribution in [0.3, 0.4) is 0 Å². The molecular weight excluding hydrogens is 312 g/mol. The molecule has 24 heavy (non-hydrogen) atoms. The molecule has 2 rings (SSSR count). The lowest BCUT2D eigenvalue weighted by Gasteiger charge is -2.16. The zero-order valence-electron chi connectivity index (χ0n) is 13.6. The molecule has 0 fully saturated rings. The lowest BCUT2D eigenvalue weighted by molar-refractivity contribution is -0.142. The zero-order chi connectivity index (χ0) is 17.9. The summed E-state index contributed by atoms with van der Waals surface area (Å²) in [4.78, 5) is 23.8. The second kappa shape index (κ2) is 6.62. The largest absolute Gasteiger partial charge is 0.504 e. The Kier molecular flexibility index (Phi) is 4.78. The van der Waals surface area contributed by atoms with Gasteiger partial charge in [0.15, 0.2) is 11.5 Å². The van der Waals surface area contributed by atoms with E-state index >= 15 is 0 Å². The minimum absolute atomic E-state index is 0.0959. The maximum Gasteiger partial charge on any atom is 0.343 e. The van der Waals surface area contributed by atoms with Gasteiger partial charge >= 0.3 is 11.9 Å². The van der Waals surface area contributed by atoms with Gasteiger partial charge in [-0.3, -0.25) is 4.79 Å². The molecule has 0 heterocycles. The van der Waals surface area contributed by atoms with Gasteiger partial charge in [-0.2, -0.15) is 0 Å². The Morgan fingerprint density at radius 2 is 1.42 bits per heavy atom. The van der Waals surface area contributed by atoms with E-state index in [1.807, 2.05) is 0 Å². The van der Waals surface area contributed by atoms with Gasteiger partial charge in [0.25, 0.3) is 0 Å². The first-order valence-corrected chi connectivity index (χ1v) is 7.23. The van der Waals surface area contributed by atoms with Crippen LogP contribution in [0.5, 0.6) is 23.0 Å². The Morgan fingerprint density at radius 3 is 1.96 bits per heavy atom. The number of carbonyl (C=O) groups excluding carboxylic acids is 2. The topological polar surface area (TPSA) is 93.1 Å². The van der Waals surface area contributed by atoms with E-state index in [9.17, 15) is 19.8 Å². The van der Waals surface area contributed by atoms with Crippen LogP contribution in [0.25, 0.3) is 0 Å². The molecule has 2 N–H and O–H groups in total. The van der Waals surface area contributed by atoms with Crippen molar-refractivity contribution in [1.82, 2.24) is 0 Å². The fourth-order valence-electron chi connectivity index (χ4n) is 1.65. The van der Waals surface area contributed by atoms with Gasteiger partial charge in [-0.25, -0.2) is 4.79 Å². The molecule has 0 spiro atoms. The van der Waals surface area contributed by atoms with Crippen LogP contribution in [0, 0.1) is 5.41 Å². The van der Waals surface area contributed by atoms with Gasteiger partial charge in [0.2, 0.25) is 0 Å². The number of carbonyl (C=O) groups is 2. The van der Waals surface area contributed by atoms with Crippen molar-refractivity contribution >= 4 is 11.9 Å². The lowest BCUT2D eigenvalue weighted by Crippen LogP contribution is -2.25. The van der Waals surface area contributed by atoms with Crippen LogP contribution >= 0.6 is 0 Å². The molecular formula is C18H18O6. The maximum absolute atomic E-state index is 12.0. The minimum atomic E-state index is -0.645. The summed E-state index contributed by atoms with van der Waals surface area (Å²) in [5.74, 6) is -1.29. The average Bonchev–Trinajstić information content (AvgIpc) is 2.50. The number of benzene rings is 2. The first-order valence-electron chi connectivity index (χ1n) is 7.23. The van der Waals surface area contributed by atoms with Gasteiger partial charge in [-0.15, -0.1) is 0 Å². The number of rotatable bonds is 3. The standard InChI is InChI=1S/C18H18O6/c1-18(2,3)17(22)24-12-6-4-11(5-7-12)16(21)23-13-8-9-14(19)15(20)10-13/h4-10,19-20H,1-3H3. The van der Waals surface area contributed by atoms with Crippen LogP contribution in [0.15, 0.2) is 42.5 Å². The summed E-state index contributed by atoms with van der Waals surface area (Å²) in [6, 6.07) is 9.62. The summed E-state index contributed by atoms with van der Waals surface area (Å²) in [5.41, 5.74) is -0.378. The normalized spacial score (nSPS) is 11.0.